The van der Waals surface area contributed by atoms with E-state index in [-0.39, 0.29) is 0 Å². The van der Waals surface area contributed by atoms with E-state index in [1.807, 2.05) is 0 Å². The maximum Gasteiger partial charge on any atom is 0.247 e. The molecule has 1 heterocycles. The summed E-state index contributed by atoms with van der Waals surface area (Å²) in [5.74, 6) is 0. The lowest BCUT2D eigenvalue weighted by atomic mass is 10.5. The van der Waals surface area contributed by atoms with Gasteiger partial charge in [0.05, 0.1) is 0 Å². The van der Waals surface area contributed by atoms with Gasteiger partial charge in [-0.05, 0) is 19.1 Å². The monoisotopic (exact) mass is 170 g/mol. The summed E-state index contributed by atoms with van der Waals surface area (Å²) in [6, 6.07) is 0. The molecule has 4 nitrogen and oxygen atoms in total. The SMILES string of the molecule is C1CNPC1.NP(O)O. The van der Waals surface area contributed by atoms with Crippen LogP contribution in [-0.2, 0) is 0 Å². The Kier molecular flexibility index (Phi) is 7.34. The van der Waals surface area contributed by atoms with E-state index in [4.69, 9.17) is 9.79 Å². The first kappa shape index (κ1) is 9.70. The number of nitrogens with one attached hydrogen (secondary N) is 1. The summed E-state index contributed by atoms with van der Waals surface area (Å²) >= 11 is 0. The van der Waals surface area contributed by atoms with Gasteiger partial charge in [-0.1, -0.05) is 8.73 Å². The van der Waals surface area contributed by atoms with E-state index >= 15 is 0 Å². The molecule has 9 heavy (non-hydrogen) atoms. The van der Waals surface area contributed by atoms with Gasteiger partial charge in [0, 0.05) is 0 Å². The Morgan fingerprint density at radius 2 is 2.11 bits per heavy atom. The van der Waals surface area contributed by atoms with E-state index in [0.29, 0.717) is 0 Å². The van der Waals surface area contributed by atoms with Crippen molar-refractivity contribution in [3.05, 3.63) is 0 Å². The van der Waals surface area contributed by atoms with Crippen LogP contribution in [0.15, 0.2) is 0 Å². The van der Waals surface area contributed by atoms with Crippen LogP contribution in [0.1, 0.15) is 6.42 Å². The Balaban J connectivity index is 0.000000148. The Bertz CT molecular complexity index is 49.4. The second kappa shape index (κ2) is 6.81. The molecule has 0 radical (unpaired) electrons. The normalized spacial score (nSPS) is 20.0. The first-order valence-corrected chi connectivity index (χ1v) is 5.14. The average molecular weight is 170 g/mol. The van der Waals surface area contributed by atoms with Crippen LogP contribution in [0.2, 0.25) is 0 Å². The van der Waals surface area contributed by atoms with Gasteiger partial charge in [0.25, 0.3) is 0 Å². The molecule has 0 spiro atoms. The van der Waals surface area contributed by atoms with Crippen molar-refractivity contribution in [1.82, 2.24) is 5.09 Å². The fourth-order valence-corrected chi connectivity index (χ4v) is 1.33. The van der Waals surface area contributed by atoms with Gasteiger partial charge >= 0.3 is 0 Å². The van der Waals surface area contributed by atoms with Crippen molar-refractivity contribution in [2.75, 3.05) is 12.7 Å². The molecule has 1 aliphatic heterocycles. The summed E-state index contributed by atoms with van der Waals surface area (Å²) in [4.78, 5) is 14.9. The van der Waals surface area contributed by atoms with Crippen LogP contribution in [0.4, 0.5) is 0 Å². The molecule has 6 heteroatoms. The molecule has 0 bridgehead atoms. The fourth-order valence-electron chi connectivity index (χ4n) is 0.442. The molecule has 0 aromatic rings. The van der Waals surface area contributed by atoms with E-state index in [1.165, 1.54) is 19.1 Å². The van der Waals surface area contributed by atoms with E-state index < -0.39 is 8.53 Å². The molecule has 0 aliphatic carbocycles. The van der Waals surface area contributed by atoms with Crippen molar-refractivity contribution in [3.63, 3.8) is 0 Å². The van der Waals surface area contributed by atoms with Gasteiger partial charge < -0.3 is 9.79 Å². The largest absolute Gasteiger partial charge is 0.338 e. The van der Waals surface area contributed by atoms with E-state index in [1.54, 1.807) is 0 Å². The van der Waals surface area contributed by atoms with Gasteiger partial charge in [-0.3, -0.25) is 10.6 Å². The summed E-state index contributed by atoms with van der Waals surface area (Å²) in [6.45, 7) is 1.26. The minimum absolute atomic E-state index is 1.06. The molecule has 1 fully saturated rings. The van der Waals surface area contributed by atoms with Crippen LogP contribution in [-0.4, -0.2) is 22.5 Å². The minimum atomic E-state index is -2.12. The van der Waals surface area contributed by atoms with Crippen LogP contribution in [0.25, 0.3) is 0 Å². The van der Waals surface area contributed by atoms with Crippen molar-refractivity contribution in [1.29, 1.82) is 0 Å². The number of hydrogen-bond acceptors (Lipinski definition) is 4. The Labute approximate surface area is 57.6 Å². The number of rotatable bonds is 0. The molecule has 0 saturated carbocycles. The van der Waals surface area contributed by atoms with Crippen molar-refractivity contribution in [2.24, 2.45) is 5.50 Å². The van der Waals surface area contributed by atoms with Gasteiger partial charge in [0.2, 0.25) is 8.53 Å². The highest BCUT2D eigenvalue weighted by molar-refractivity contribution is 7.42. The zero-order valence-corrected chi connectivity index (χ0v) is 6.93. The molecule has 56 valence electrons. The molecule has 5 N–H and O–H groups in total. The smallest absolute Gasteiger partial charge is 0.247 e. The zero-order chi connectivity index (χ0) is 7.11. The Morgan fingerprint density at radius 3 is 2.22 bits per heavy atom. The zero-order valence-electron chi connectivity index (χ0n) is 5.04. The predicted molar refractivity (Wildman–Crippen MR) is 41.3 cm³/mol. The van der Waals surface area contributed by atoms with Gasteiger partial charge in [-0.25, -0.2) is 0 Å². The second-order valence-corrected chi connectivity index (χ2v) is 3.38. The van der Waals surface area contributed by atoms with Crippen LogP contribution in [0.5, 0.6) is 0 Å². The fraction of sp³-hybridized carbons (Fsp3) is 1.00. The third-order valence-corrected chi connectivity index (χ3v) is 1.83. The standard InChI is InChI=1S/C3H8NP.H4NO2P/c1-2-4-5-3-1;1-4(2)3/h4-5H,1-3H2;2-3H,1H2. The van der Waals surface area contributed by atoms with Gasteiger partial charge in [0.1, 0.15) is 0 Å². The van der Waals surface area contributed by atoms with E-state index in [0.717, 1.165) is 8.73 Å². The summed E-state index contributed by atoms with van der Waals surface area (Å²) in [6.07, 6.45) is 2.82. The molecule has 0 aromatic carbocycles. The molecular formula is C3H12N2O2P2. The van der Waals surface area contributed by atoms with Crippen LogP contribution >= 0.6 is 17.3 Å². The van der Waals surface area contributed by atoms with E-state index in [2.05, 4.69) is 10.6 Å². The van der Waals surface area contributed by atoms with Gasteiger partial charge in [-0.2, -0.15) is 0 Å². The van der Waals surface area contributed by atoms with E-state index in [9.17, 15) is 0 Å². The lowest BCUT2D eigenvalue weighted by Gasteiger charge is -1.79. The summed E-state index contributed by atoms with van der Waals surface area (Å²) in [7, 11) is -1.06. The highest BCUT2D eigenvalue weighted by atomic mass is 31.2. The predicted octanol–water partition coefficient (Wildman–Crippen LogP) is -0.270. The maximum absolute atomic E-state index is 7.45. The molecule has 0 aromatic heterocycles. The lowest BCUT2D eigenvalue weighted by Crippen LogP contribution is -1.90. The molecule has 1 saturated heterocycles. The number of hydrogen-bond donors (Lipinski definition) is 4. The highest BCUT2D eigenvalue weighted by Crippen LogP contribution is 2.10. The summed E-state index contributed by atoms with van der Waals surface area (Å²) in [5.41, 5.74) is 4.29. The molecule has 0 amide bonds. The van der Waals surface area contributed by atoms with Crippen molar-refractivity contribution in [2.45, 2.75) is 6.42 Å². The molecular weight excluding hydrogens is 158 g/mol. The van der Waals surface area contributed by atoms with Crippen molar-refractivity contribution >= 4 is 17.3 Å². The Hall–Kier alpha value is 0.700. The van der Waals surface area contributed by atoms with Crippen molar-refractivity contribution in [3.8, 4) is 0 Å². The minimum Gasteiger partial charge on any atom is -0.338 e. The lowest BCUT2D eigenvalue weighted by molar-refractivity contribution is 0.485. The third kappa shape index (κ3) is 12.0. The summed E-state index contributed by atoms with van der Waals surface area (Å²) < 4.78 is 0. The van der Waals surface area contributed by atoms with Crippen LogP contribution < -0.4 is 10.6 Å². The first-order valence-electron chi connectivity index (χ1n) is 2.62. The topological polar surface area (TPSA) is 78.5 Å². The number of nitrogens with two attached hydrogens (primary N) is 1. The quantitative estimate of drug-likeness (QED) is 0.377. The van der Waals surface area contributed by atoms with Crippen LogP contribution in [0.3, 0.4) is 0 Å². The Morgan fingerprint density at radius 1 is 1.56 bits per heavy atom. The van der Waals surface area contributed by atoms with Gasteiger partial charge in [-0.15, -0.1) is 0 Å². The molecule has 1 rings (SSSR count). The third-order valence-electron chi connectivity index (χ3n) is 0.729. The first-order chi connectivity index (χ1) is 4.23. The highest BCUT2D eigenvalue weighted by Gasteiger charge is 1.93. The van der Waals surface area contributed by atoms with Crippen LogP contribution in [0, 0.1) is 0 Å². The summed E-state index contributed by atoms with van der Waals surface area (Å²) in [5, 5.41) is 3.25. The molecule has 1 atom stereocenters. The van der Waals surface area contributed by atoms with Crippen molar-refractivity contribution < 1.29 is 9.79 Å². The maximum atomic E-state index is 7.45. The van der Waals surface area contributed by atoms with Gasteiger partial charge in [0.15, 0.2) is 0 Å². The average Bonchev–Trinajstić information content (AvgIpc) is 2.11. The molecule has 1 aliphatic rings. The second-order valence-electron chi connectivity index (χ2n) is 1.53. The molecule has 1 unspecified atom stereocenters.